The third kappa shape index (κ3) is 4.09. The Kier molecular flexibility index (Phi) is 5.52. The minimum Gasteiger partial charge on any atom is -0.385 e. The summed E-state index contributed by atoms with van der Waals surface area (Å²) in [7, 11) is 0. The van der Waals surface area contributed by atoms with Crippen LogP contribution in [0.2, 0.25) is 10.0 Å². The first kappa shape index (κ1) is 18.1. The van der Waals surface area contributed by atoms with Crippen molar-refractivity contribution >= 4 is 56.9 Å². The molecule has 6 heteroatoms. The number of rotatable bonds is 6. The van der Waals surface area contributed by atoms with Crippen molar-refractivity contribution in [2.45, 2.75) is 19.8 Å². The van der Waals surface area contributed by atoms with E-state index in [0.717, 1.165) is 45.6 Å². The largest absolute Gasteiger partial charge is 0.385 e. The number of hydrogen-bond acceptors (Lipinski definition) is 3. The van der Waals surface area contributed by atoms with E-state index >= 15 is 0 Å². The number of thiophene rings is 1. The lowest BCUT2D eigenvalue weighted by Crippen LogP contribution is -2.11. The molecule has 0 fully saturated rings. The molecule has 3 rings (SSSR count). The number of hydrogen-bond donors (Lipinski definition) is 2. The molecule has 1 amide bonds. The van der Waals surface area contributed by atoms with Crippen molar-refractivity contribution in [1.82, 2.24) is 0 Å². The van der Waals surface area contributed by atoms with Crippen LogP contribution < -0.4 is 11.1 Å². The maximum absolute atomic E-state index is 11.5. The van der Waals surface area contributed by atoms with Gasteiger partial charge in [-0.15, -0.1) is 11.3 Å². The van der Waals surface area contributed by atoms with Gasteiger partial charge in [-0.25, -0.2) is 0 Å². The number of carbonyl (C=O) groups is 1. The highest BCUT2D eigenvalue weighted by atomic mass is 35.5. The highest BCUT2D eigenvalue weighted by Gasteiger charge is 2.12. The number of halogens is 2. The standard InChI is InChI=1S/C19H18Cl2N2OS/c1-2-18-15(19(22)24)10-14(25-18)5-6-23-13-4-3-11-8-16(20)17(21)9-12(11)7-13/h3-4,7-10,23H,2,5-6H2,1H3,(H2,22,24). The summed E-state index contributed by atoms with van der Waals surface area (Å²) < 4.78 is 0. The van der Waals surface area contributed by atoms with Gasteiger partial charge in [0.25, 0.3) is 0 Å². The lowest BCUT2D eigenvalue weighted by Gasteiger charge is -2.08. The summed E-state index contributed by atoms with van der Waals surface area (Å²) in [5.41, 5.74) is 7.10. The fourth-order valence-electron chi connectivity index (χ4n) is 2.76. The molecule has 0 saturated heterocycles. The van der Waals surface area contributed by atoms with Crippen LogP contribution in [0.25, 0.3) is 10.8 Å². The summed E-state index contributed by atoms with van der Waals surface area (Å²) in [4.78, 5) is 13.7. The second-order valence-corrected chi connectivity index (χ2v) is 7.81. The normalized spacial score (nSPS) is 11.0. The van der Waals surface area contributed by atoms with Crippen molar-refractivity contribution in [1.29, 1.82) is 0 Å². The fourth-order valence-corrected chi connectivity index (χ4v) is 4.22. The molecule has 25 heavy (non-hydrogen) atoms. The van der Waals surface area contributed by atoms with Crippen LogP contribution >= 0.6 is 34.5 Å². The zero-order valence-corrected chi connectivity index (χ0v) is 16.1. The van der Waals surface area contributed by atoms with Crippen molar-refractivity contribution in [3.63, 3.8) is 0 Å². The number of carbonyl (C=O) groups excluding carboxylic acids is 1. The third-order valence-corrected chi connectivity index (χ3v) is 6.09. The molecule has 0 aliphatic heterocycles. The molecule has 0 unspecified atom stereocenters. The van der Waals surface area contributed by atoms with Crippen LogP contribution in [0.15, 0.2) is 36.4 Å². The number of fused-ring (bicyclic) bond motifs is 1. The Hall–Kier alpha value is -1.75. The Balaban J connectivity index is 1.69. The maximum atomic E-state index is 11.5. The van der Waals surface area contributed by atoms with Crippen molar-refractivity contribution in [3.05, 3.63) is 61.8 Å². The summed E-state index contributed by atoms with van der Waals surface area (Å²) >= 11 is 13.8. The van der Waals surface area contributed by atoms with Gasteiger partial charge >= 0.3 is 0 Å². The minimum atomic E-state index is -0.350. The van der Waals surface area contributed by atoms with Crippen molar-refractivity contribution in [3.8, 4) is 0 Å². The van der Waals surface area contributed by atoms with E-state index in [2.05, 4.69) is 11.4 Å². The molecule has 3 nitrogen and oxygen atoms in total. The van der Waals surface area contributed by atoms with Gasteiger partial charge in [-0.05, 0) is 53.9 Å². The molecule has 0 saturated carbocycles. The van der Waals surface area contributed by atoms with Crippen molar-refractivity contribution < 1.29 is 4.79 Å². The molecule has 130 valence electrons. The second kappa shape index (κ2) is 7.65. The maximum Gasteiger partial charge on any atom is 0.249 e. The lowest BCUT2D eigenvalue weighted by molar-refractivity contribution is 0.1000. The number of aryl methyl sites for hydroxylation is 1. The second-order valence-electron chi connectivity index (χ2n) is 5.77. The van der Waals surface area contributed by atoms with Crippen molar-refractivity contribution in [2.24, 2.45) is 5.73 Å². The first-order valence-corrected chi connectivity index (χ1v) is 9.59. The van der Waals surface area contributed by atoms with Crippen LogP contribution in [0.5, 0.6) is 0 Å². The highest BCUT2D eigenvalue weighted by Crippen LogP contribution is 2.29. The third-order valence-electron chi connectivity index (χ3n) is 4.03. The number of amides is 1. The van der Waals surface area contributed by atoms with Gasteiger partial charge in [0.05, 0.1) is 15.6 Å². The first-order valence-electron chi connectivity index (χ1n) is 8.02. The van der Waals surface area contributed by atoms with E-state index in [4.69, 9.17) is 28.9 Å². The predicted molar refractivity (Wildman–Crippen MR) is 108 cm³/mol. The molecular weight excluding hydrogens is 375 g/mol. The molecular formula is C19H18Cl2N2OS. The van der Waals surface area contributed by atoms with Gasteiger partial charge in [0, 0.05) is 22.0 Å². The summed E-state index contributed by atoms with van der Waals surface area (Å²) in [6, 6.07) is 11.7. The van der Waals surface area contributed by atoms with Gasteiger partial charge in [0.15, 0.2) is 0 Å². The fraction of sp³-hybridized carbons (Fsp3) is 0.211. The van der Waals surface area contributed by atoms with Gasteiger partial charge in [-0.1, -0.05) is 36.2 Å². The van der Waals surface area contributed by atoms with E-state index < -0.39 is 0 Å². The van der Waals surface area contributed by atoms with E-state index in [1.807, 2.05) is 37.3 Å². The molecule has 0 bridgehead atoms. The Morgan fingerprint density at radius 2 is 1.84 bits per heavy atom. The number of primary amides is 1. The number of anilines is 1. The van der Waals surface area contributed by atoms with Gasteiger partial charge in [-0.2, -0.15) is 0 Å². The number of nitrogens with two attached hydrogens (primary N) is 1. The van der Waals surface area contributed by atoms with E-state index in [-0.39, 0.29) is 5.91 Å². The van der Waals surface area contributed by atoms with Crippen LogP contribution in [-0.2, 0) is 12.8 Å². The molecule has 1 heterocycles. The number of benzene rings is 2. The Labute approximate surface area is 160 Å². The van der Waals surface area contributed by atoms with Crippen LogP contribution in [-0.4, -0.2) is 12.5 Å². The van der Waals surface area contributed by atoms with Gasteiger partial charge in [0.2, 0.25) is 5.91 Å². The molecule has 0 aliphatic rings. The van der Waals surface area contributed by atoms with Crippen LogP contribution in [0.3, 0.4) is 0 Å². The number of nitrogens with one attached hydrogen (secondary N) is 1. The Morgan fingerprint density at radius 3 is 2.48 bits per heavy atom. The van der Waals surface area contributed by atoms with E-state index in [0.29, 0.717) is 15.6 Å². The monoisotopic (exact) mass is 392 g/mol. The Bertz CT molecular complexity index is 937. The zero-order chi connectivity index (χ0) is 18.0. The Morgan fingerprint density at radius 1 is 1.12 bits per heavy atom. The molecule has 3 aromatic rings. The minimum absolute atomic E-state index is 0.350. The van der Waals surface area contributed by atoms with Crippen LogP contribution in [0.1, 0.15) is 27.0 Å². The molecule has 1 aromatic heterocycles. The molecule has 0 spiro atoms. The summed E-state index contributed by atoms with van der Waals surface area (Å²) in [6.45, 7) is 2.81. The molecule has 0 atom stereocenters. The predicted octanol–water partition coefficient (Wildman–Crippen LogP) is 5.52. The van der Waals surface area contributed by atoms with E-state index in [1.165, 1.54) is 0 Å². The van der Waals surface area contributed by atoms with Gasteiger partial charge in [-0.3, -0.25) is 4.79 Å². The lowest BCUT2D eigenvalue weighted by atomic mass is 10.1. The van der Waals surface area contributed by atoms with Crippen LogP contribution in [0, 0.1) is 0 Å². The van der Waals surface area contributed by atoms with E-state index in [9.17, 15) is 4.79 Å². The topological polar surface area (TPSA) is 55.1 Å². The molecule has 0 aliphatic carbocycles. The molecule has 3 N–H and O–H groups in total. The van der Waals surface area contributed by atoms with Gasteiger partial charge < -0.3 is 11.1 Å². The summed E-state index contributed by atoms with van der Waals surface area (Å²) in [5.74, 6) is -0.350. The van der Waals surface area contributed by atoms with E-state index in [1.54, 1.807) is 11.3 Å². The van der Waals surface area contributed by atoms with Crippen LogP contribution in [0.4, 0.5) is 5.69 Å². The first-order chi connectivity index (χ1) is 12.0. The molecule has 0 radical (unpaired) electrons. The summed E-state index contributed by atoms with van der Waals surface area (Å²) in [6.07, 6.45) is 1.66. The average Bonchev–Trinajstić information content (AvgIpc) is 3.00. The summed E-state index contributed by atoms with van der Waals surface area (Å²) in [5, 5.41) is 6.62. The molecule has 2 aromatic carbocycles. The SMILES string of the molecule is CCc1sc(CCNc2ccc3cc(Cl)c(Cl)cc3c2)cc1C(N)=O. The quantitative estimate of drug-likeness (QED) is 0.579. The highest BCUT2D eigenvalue weighted by molar-refractivity contribution is 7.12. The average molecular weight is 393 g/mol. The zero-order valence-electron chi connectivity index (χ0n) is 13.7. The van der Waals surface area contributed by atoms with Gasteiger partial charge in [0.1, 0.15) is 0 Å². The smallest absolute Gasteiger partial charge is 0.249 e. The van der Waals surface area contributed by atoms with Crippen molar-refractivity contribution in [2.75, 3.05) is 11.9 Å².